The zero-order valence-corrected chi connectivity index (χ0v) is 31.3. The molecule has 2 aliphatic heterocycles. The minimum absolute atomic E-state index is 0.179. The van der Waals surface area contributed by atoms with E-state index in [9.17, 15) is 16.8 Å². The molecule has 2 heterocycles. The number of rotatable bonds is 8. The fourth-order valence-corrected chi connectivity index (χ4v) is 10.9. The molecular weight excluding hydrogens is 645 g/mol. The Kier molecular flexibility index (Phi) is 12.9. The third-order valence-corrected chi connectivity index (χ3v) is 14.2. The van der Waals surface area contributed by atoms with Crippen LogP contribution in [0.5, 0.6) is 0 Å². The first kappa shape index (κ1) is 37.0. The number of aryl methyl sites for hydroxylation is 1. The Hall–Kier alpha value is -2.22. The molecule has 2 aromatic rings. The lowest BCUT2D eigenvalue weighted by Crippen LogP contribution is -2.54. The first-order chi connectivity index (χ1) is 22.9. The summed E-state index contributed by atoms with van der Waals surface area (Å²) in [5.41, 5.74) is 3.26. The Morgan fingerprint density at radius 3 is 1.96 bits per heavy atom. The molecule has 268 valence electrons. The van der Waals surface area contributed by atoms with Crippen molar-refractivity contribution in [2.24, 2.45) is 11.8 Å². The standard InChI is InChI=1S/C36H58N6O4S2/c1-31-11-8-14-35(27-31)39-23-25-40(26-24-39)48(45,46)42-22-10-20-38(30-33-12-6-5-7-13-33)19-9-21-41(28-32(2)29-42)47(43,44)36-17-15-34(16-18-36)37(3)4/h8,11,14-18,27,32-33H,5-7,9-10,12-13,19-26,28-30H2,1-4H3/t32-/m0/s1. The summed E-state index contributed by atoms with van der Waals surface area (Å²) in [6.45, 7) is 10.2. The SMILES string of the molecule is Cc1cccc(N2CCN(S(=O)(=O)N3CCCN(CC4CCCCC4)CCCN(S(=O)(=O)c4ccc(N(C)C)cc4)C[C@H](C)C3)CC2)c1. The van der Waals surface area contributed by atoms with Crippen LogP contribution in [0.1, 0.15) is 57.4 Å². The molecule has 0 N–H and O–H groups in total. The molecule has 3 fully saturated rings. The Morgan fingerprint density at radius 2 is 1.33 bits per heavy atom. The fourth-order valence-electron chi connectivity index (χ4n) is 7.56. The smallest absolute Gasteiger partial charge is 0.282 e. The second-order valence-electron chi connectivity index (χ2n) is 14.5. The van der Waals surface area contributed by atoms with Gasteiger partial charge in [-0.2, -0.15) is 21.3 Å². The molecule has 12 heteroatoms. The molecule has 3 aliphatic rings. The van der Waals surface area contributed by atoms with Gasteiger partial charge in [0.05, 0.1) is 4.90 Å². The van der Waals surface area contributed by atoms with Crippen molar-refractivity contribution in [3.05, 3.63) is 54.1 Å². The molecule has 0 spiro atoms. The van der Waals surface area contributed by atoms with Crippen molar-refractivity contribution in [1.82, 2.24) is 17.8 Å². The molecular formula is C36H58N6O4S2. The van der Waals surface area contributed by atoms with E-state index in [1.54, 1.807) is 25.0 Å². The van der Waals surface area contributed by atoms with Gasteiger partial charge in [0, 0.05) is 84.4 Å². The van der Waals surface area contributed by atoms with Crippen molar-refractivity contribution < 1.29 is 16.8 Å². The van der Waals surface area contributed by atoms with E-state index in [1.807, 2.05) is 44.1 Å². The van der Waals surface area contributed by atoms with Gasteiger partial charge < -0.3 is 14.7 Å². The molecule has 0 aromatic heterocycles. The van der Waals surface area contributed by atoms with E-state index in [0.29, 0.717) is 45.2 Å². The first-order valence-corrected chi connectivity index (χ1v) is 20.8. The Morgan fingerprint density at radius 1 is 0.708 bits per heavy atom. The second kappa shape index (κ2) is 16.7. The summed E-state index contributed by atoms with van der Waals surface area (Å²) in [4.78, 5) is 6.97. The number of hydrogen-bond donors (Lipinski definition) is 0. The molecule has 2 aromatic carbocycles. The van der Waals surface area contributed by atoms with Gasteiger partial charge >= 0.3 is 0 Å². The van der Waals surface area contributed by atoms with Crippen molar-refractivity contribution in [2.75, 3.05) is 95.9 Å². The summed E-state index contributed by atoms with van der Waals surface area (Å²) in [6, 6.07) is 15.4. The highest BCUT2D eigenvalue weighted by atomic mass is 32.2. The van der Waals surface area contributed by atoms with Gasteiger partial charge in [-0.1, -0.05) is 38.3 Å². The number of sulfonamides is 1. The van der Waals surface area contributed by atoms with Crippen molar-refractivity contribution in [3.8, 4) is 0 Å². The summed E-state index contributed by atoms with van der Waals surface area (Å²) in [5, 5.41) is 0. The summed E-state index contributed by atoms with van der Waals surface area (Å²) in [6.07, 6.45) is 7.86. The molecule has 0 unspecified atom stereocenters. The molecule has 0 radical (unpaired) electrons. The zero-order chi connectivity index (χ0) is 34.3. The van der Waals surface area contributed by atoms with E-state index < -0.39 is 20.2 Å². The van der Waals surface area contributed by atoms with Crippen LogP contribution in [-0.2, 0) is 20.2 Å². The predicted octanol–water partition coefficient (Wildman–Crippen LogP) is 4.73. The van der Waals surface area contributed by atoms with E-state index in [2.05, 4.69) is 34.9 Å². The number of anilines is 2. The number of benzene rings is 2. The minimum Gasteiger partial charge on any atom is -0.378 e. The van der Waals surface area contributed by atoms with Gasteiger partial charge in [0.25, 0.3) is 10.2 Å². The monoisotopic (exact) mass is 702 g/mol. The van der Waals surface area contributed by atoms with Gasteiger partial charge in [0.2, 0.25) is 10.0 Å². The Bertz CT molecular complexity index is 1520. The minimum atomic E-state index is -3.77. The molecule has 10 nitrogen and oxygen atoms in total. The highest BCUT2D eigenvalue weighted by Gasteiger charge is 2.35. The molecule has 1 saturated carbocycles. The van der Waals surface area contributed by atoms with Gasteiger partial charge in [-0.3, -0.25) is 0 Å². The van der Waals surface area contributed by atoms with Crippen molar-refractivity contribution in [1.29, 1.82) is 0 Å². The first-order valence-electron chi connectivity index (χ1n) is 18.0. The van der Waals surface area contributed by atoms with Crippen LogP contribution in [0.15, 0.2) is 53.4 Å². The molecule has 5 rings (SSSR count). The van der Waals surface area contributed by atoms with Crippen LogP contribution in [0.25, 0.3) is 0 Å². The van der Waals surface area contributed by atoms with Gasteiger partial charge in [-0.05, 0) is 99.5 Å². The molecule has 0 amide bonds. The van der Waals surface area contributed by atoms with Gasteiger partial charge in [0.15, 0.2) is 0 Å². The Balaban J connectivity index is 1.34. The lowest BCUT2D eigenvalue weighted by atomic mass is 9.89. The predicted molar refractivity (Wildman–Crippen MR) is 196 cm³/mol. The van der Waals surface area contributed by atoms with Crippen molar-refractivity contribution in [2.45, 2.75) is 63.7 Å². The van der Waals surface area contributed by atoms with E-state index in [4.69, 9.17) is 0 Å². The quantitative estimate of drug-likeness (QED) is 0.393. The maximum Gasteiger partial charge on any atom is 0.282 e. The highest BCUT2D eigenvalue weighted by Crippen LogP contribution is 2.27. The summed E-state index contributed by atoms with van der Waals surface area (Å²) in [5.74, 6) is 0.480. The van der Waals surface area contributed by atoms with E-state index in [0.717, 1.165) is 43.9 Å². The number of nitrogens with zero attached hydrogens (tertiary/aromatic N) is 6. The van der Waals surface area contributed by atoms with E-state index >= 15 is 0 Å². The van der Waals surface area contributed by atoms with Crippen LogP contribution in [0.4, 0.5) is 11.4 Å². The van der Waals surface area contributed by atoms with Crippen molar-refractivity contribution in [3.63, 3.8) is 0 Å². The van der Waals surface area contributed by atoms with E-state index in [-0.39, 0.29) is 23.9 Å². The molecule has 48 heavy (non-hydrogen) atoms. The third kappa shape index (κ3) is 9.51. The fraction of sp³-hybridized carbons (Fsp3) is 0.667. The van der Waals surface area contributed by atoms with Gasteiger partial charge in [-0.15, -0.1) is 0 Å². The van der Waals surface area contributed by atoms with Crippen LogP contribution in [0.3, 0.4) is 0 Å². The normalized spacial score (nSPS) is 23.0. The lowest BCUT2D eigenvalue weighted by Gasteiger charge is -2.39. The summed E-state index contributed by atoms with van der Waals surface area (Å²) in [7, 11) is -3.63. The molecule has 2 saturated heterocycles. The maximum absolute atomic E-state index is 14.3. The van der Waals surface area contributed by atoms with Crippen LogP contribution >= 0.6 is 0 Å². The molecule has 1 atom stereocenters. The second-order valence-corrected chi connectivity index (χ2v) is 18.3. The zero-order valence-electron chi connectivity index (χ0n) is 29.6. The van der Waals surface area contributed by atoms with Gasteiger partial charge in [-0.25, -0.2) is 8.42 Å². The summed E-state index contributed by atoms with van der Waals surface area (Å²) >= 11 is 0. The summed E-state index contributed by atoms with van der Waals surface area (Å²) < 4.78 is 61.6. The molecule has 0 bridgehead atoms. The van der Waals surface area contributed by atoms with Gasteiger partial charge in [0.1, 0.15) is 0 Å². The largest absolute Gasteiger partial charge is 0.378 e. The maximum atomic E-state index is 14.3. The van der Waals surface area contributed by atoms with Crippen LogP contribution in [0, 0.1) is 18.8 Å². The van der Waals surface area contributed by atoms with Crippen LogP contribution in [0.2, 0.25) is 0 Å². The molecule has 1 aliphatic carbocycles. The third-order valence-electron chi connectivity index (χ3n) is 10.3. The van der Waals surface area contributed by atoms with Crippen LogP contribution in [-0.4, -0.2) is 121 Å². The van der Waals surface area contributed by atoms with Crippen LogP contribution < -0.4 is 9.80 Å². The average molecular weight is 703 g/mol. The highest BCUT2D eigenvalue weighted by molar-refractivity contribution is 7.89. The number of piperazine rings is 1. The lowest BCUT2D eigenvalue weighted by molar-refractivity contribution is 0.179. The van der Waals surface area contributed by atoms with E-state index in [1.165, 1.54) is 37.7 Å². The topological polar surface area (TPSA) is 87.7 Å². The number of hydrogen-bond acceptors (Lipinski definition) is 7. The Labute approximate surface area is 290 Å². The van der Waals surface area contributed by atoms with Crippen molar-refractivity contribution >= 4 is 31.6 Å². The average Bonchev–Trinajstić information content (AvgIpc) is 3.07.